The van der Waals surface area contributed by atoms with Gasteiger partial charge in [0.05, 0.1) is 22.1 Å². The number of nitrogens with zero attached hydrogens (tertiary/aromatic N) is 3. The van der Waals surface area contributed by atoms with E-state index in [2.05, 4.69) is 52.2 Å². The monoisotopic (exact) mass is 423 g/mol. The van der Waals surface area contributed by atoms with Gasteiger partial charge in [-0.15, -0.1) is 0 Å². The molecular weight excluding hydrogens is 398 g/mol. The zero-order valence-corrected chi connectivity index (χ0v) is 18.0. The lowest BCUT2D eigenvalue weighted by Gasteiger charge is -2.29. The fraction of sp³-hybridized carbons (Fsp3) is 0.231. The molecule has 32 heavy (non-hydrogen) atoms. The van der Waals surface area contributed by atoms with Crippen molar-refractivity contribution in [3.05, 3.63) is 66.2 Å². The SMILES string of the molecule is CN1CCC(c2ccc3[nH]c(-c4ccc5[nH]c(-c6ccc(O)cc6)nc5c4)nc3c2)CC1. The van der Waals surface area contributed by atoms with Crippen molar-refractivity contribution in [2.45, 2.75) is 18.8 Å². The topological polar surface area (TPSA) is 80.8 Å². The number of hydrogen-bond acceptors (Lipinski definition) is 4. The summed E-state index contributed by atoms with van der Waals surface area (Å²) in [5, 5.41) is 9.52. The van der Waals surface area contributed by atoms with Crippen molar-refractivity contribution in [1.29, 1.82) is 0 Å². The number of fused-ring (bicyclic) bond motifs is 2. The Morgan fingerprint density at radius 1 is 0.781 bits per heavy atom. The highest BCUT2D eigenvalue weighted by Crippen LogP contribution is 2.31. The van der Waals surface area contributed by atoms with E-state index in [9.17, 15) is 5.11 Å². The van der Waals surface area contributed by atoms with Crippen LogP contribution in [0.4, 0.5) is 0 Å². The van der Waals surface area contributed by atoms with E-state index in [0.717, 1.165) is 57.9 Å². The van der Waals surface area contributed by atoms with Crippen LogP contribution in [0.15, 0.2) is 60.7 Å². The number of phenols is 1. The first-order chi connectivity index (χ1) is 15.6. The van der Waals surface area contributed by atoms with E-state index in [4.69, 9.17) is 9.97 Å². The summed E-state index contributed by atoms with van der Waals surface area (Å²) in [5.74, 6) is 2.51. The lowest BCUT2D eigenvalue weighted by atomic mass is 9.89. The molecule has 5 aromatic rings. The van der Waals surface area contributed by atoms with Crippen molar-refractivity contribution < 1.29 is 5.11 Å². The third-order valence-electron chi connectivity index (χ3n) is 6.59. The highest BCUT2D eigenvalue weighted by molar-refractivity contribution is 5.86. The molecule has 1 saturated heterocycles. The van der Waals surface area contributed by atoms with Crippen molar-refractivity contribution >= 4 is 22.1 Å². The number of aromatic hydroxyl groups is 1. The molecule has 6 rings (SSSR count). The maximum Gasteiger partial charge on any atom is 0.138 e. The standard InChI is InChI=1S/C26H25N5O/c1-31-12-10-16(11-13-31)18-4-8-21-23(14-18)30-26(28-21)19-5-9-22-24(15-19)29-25(27-22)17-2-6-20(32)7-3-17/h2-9,14-16,32H,10-13H2,1H3,(H,27,29)(H,28,30). The first kappa shape index (κ1) is 19.1. The van der Waals surface area contributed by atoms with E-state index >= 15 is 0 Å². The molecule has 1 aliphatic rings. The number of aromatic nitrogens is 4. The second-order valence-electron chi connectivity index (χ2n) is 8.80. The Morgan fingerprint density at radius 3 is 2.09 bits per heavy atom. The van der Waals surface area contributed by atoms with Crippen LogP contribution in [0.5, 0.6) is 5.75 Å². The number of nitrogens with one attached hydrogen (secondary N) is 2. The number of rotatable bonds is 3. The number of likely N-dealkylation sites (tertiary alicyclic amines) is 1. The summed E-state index contributed by atoms with van der Waals surface area (Å²) in [6, 6.07) is 19.9. The molecule has 3 heterocycles. The average Bonchev–Trinajstić information content (AvgIpc) is 3.43. The largest absolute Gasteiger partial charge is 0.508 e. The van der Waals surface area contributed by atoms with E-state index < -0.39 is 0 Å². The van der Waals surface area contributed by atoms with Crippen LogP contribution in [-0.2, 0) is 0 Å². The quantitative estimate of drug-likeness (QED) is 0.368. The predicted octanol–water partition coefficient (Wildman–Crippen LogP) is 5.29. The summed E-state index contributed by atoms with van der Waals surface area (Å²) in [6.45, 7) is 2.31. The molecule has 0 radical (unpaired) electrons. The van der Waals surface area contributed by atoms with Crippen molar-refractivity contribution in [3.8, 4) is 28.5 Å². The van der Waals surface area contributed by atoms with Gasteiger partial charge in [-0.25, -0.2) is 9.97 Å². The molecule has 3 aromatic carbocycles. The molecule has 0 aliphatic carbocycles. The van der Waals surface area contributed by atoms with E-state index in [-0.39, 0.29) is 5.75 Å². The van der Waals surface area contributed by atoms with Crippen LogP contribution in [0.25, 0.3) is 44.8 Å². The minimum atomic E-state index is 0.246. The highest BCUT2D eigenvalue weighted by atomic mass is 16.3. The van der Waals surface area contributed by atoms with Gasteiger partial charge in [0.2, 0.25) is 0 Å². The van der Waals surface area contributed by atoms with Gasteiger partial charge >= 0.3 is 0 Å². The number of phenolic OH excluding ortho intramolecular Hbond substituents is 1. The van der Waals surface area contributed by atoms with Gasteiger partial charge in [-0.2, -0.15) is 0 Å². The van der Waals surface area contributed by atoms with Gasteiger partial charge in [0.15, 0.2) is 0 Å². The van der Waals surface area contributed by atoms with Gasteiger partial charge in [-0.3, -0.25) is 0 Å². The molecule has 0 amide bonds. The minimum Gasteiger partial charge on any atom is -0.508 e. The molecule has 0 unspecified atom stereocenters. The van der Waals surface area contributed by atoms with E-state index in [1.54, 1.807) is 12.1 Å². The van der Waals surface area contributed by atoms with Crippen LogP contribution in [0.2, 0.25) is 0 Å². The zero-order valence-electron chi connectivity index (χ0n) is 18.0. The third-order valence-corrected chi connectivity index (χ3v) is 6.59. The molecule has 1 aliphatic heterocycles. The number of H-pyrrole nitrogens is 2. The molecule has 0 saturated carbocycles. The average molecular weight is 424 g/mol. The summed E-state index contributed by atoms with van der Waals surface area (Å²) in [4.78, 5) is 18.9. The smallest absolute Gasteiger partial charge is 0.138 e. The van der Waals surface area contributed by atoms with Gasteiger partial charge in [0.25, 0.3) is 0 Å². The number of hydrogen-bond donors (Lipinski definition) is 3. The predicted molar refractivity (Wildman–Crippen MR) is 128 cm³/mol. The van der Waals surface area contributed by atoms with E-state index in [0.29, 0.717) is 5.92 Å². The van der Waals surface area contributed by atoms with Crippen molar-refractivity contribution in [2.24, 2.45) is 0 Å². The Kier molecular flexibility index (Phi) is 4.47. The second kappa shape index (κ2) is 7.50. The first-order valence-electron chi connectivity index (χ1n) is 11.1. The Morgan fingerprint density at radius 2 is 1.38 bits per heavy atom. The van der Waals surface area contributed by atoms with Crippen LogP contribution in [0.3, 0.4) is 0 Å². The zero-order chi connectivity index (χ0) is 21.7. The van der Waals surface area contributed by atoms with Crippen molar-refractivity contribution in [2.75, 3.05) is 20.1 Å². The van der Waals surface area contributed by atoms with Crippen LogP contribution in [0, 0.1) is 0 Å². The summed E-state index contributed by atoms with van der Waals surface area (Å²) >= 11 is 0. The number of piperidine rings is 1. The molecular formula is C26H25N5O. The summed E-state index contributed by atoms with van der Waals surface area (Å²) in [7, 11) is 2.20. The molecule has 3 N–H and O–H groups in total. The number of imidazole rings is 2. The highest BCUT2D eigenvalue weighted by Gasteiger charge is 2.19. The lowest BCUT2D eigenvalue weighted by Crippen LogP contribution is -2.29. The van der Waals surface area contributed by atoms with Crippen LogP contribution in [0.1, 0.15) is 24.3 Å². The summed E-state index contributed by atoms with van der Waals surface area (Å²) in [5.41, 5.74) is 7.27. The molecule has 2 aromatic heterocycles. The Labute approximate surface area is 186 Å². The van der Waals surface area contributed by atoms with Crippen molar-refractivity contribution in [1.82, 2.24) is 24.8 Å². The van der Waals surface area contributed by atoms with E-state index in [1.165, 1.54) is 18.4 Å². The maximum absolute atomic E-state index is 9.52. The van der Waals surface area contributed by atoms with Crippen LogP contribution < -0.4 is 0 Å². The summed E-state index contributed by atoms with van der Waals surface area (Å²) in [6.07, 6.45) is 2.41. The molecule has 0 bridgehead atoms. The van der Waals surface area contributed by atoms with E-state index in [1.807, 2.05) is 18.2 Å². The van der Waals surface area contributed by atoms with Crippen molar-refractivity contribution in [3.63, 3.8) is 0 Å². The number of benzene rings is 3. The molecule has 0 spiro atoms. The van der Waals surface area contributed by atoms with Crippen LogP contribution in [-0.4, -0.2) is 50.1 Å². The van der Waals surface area contributed by atoms with Gasteiger partial charge < -0.3 is 20.0 Å². The number of aromatic amines is 2. The molecule has 160 valence electrons. The first-order valence-corrected chi connectivity index (χ1v) is 11.1. The fourth-order valence-electron chi connectivity index (χ4n) is 4.66. The summed E-state index contributed by atoms with van der Waals surface area (Å²) < 4.78 is 0. The lowest BCUT2D eigenvalue weighted by molar-refractivity contribution is 0.255. The molecule has 6 heteroatoms. The minimum absolute atomic E-state index is 0.246. The third kappa shape index (κ3) is 3.42. The fourth-order valence-corrected chi connectivity index (χ4v) is 4.66. The van der Waals surface area contributed by atoms with Gasteiger partial charge in [-0.1, -0.05) is 6.07 Å². The normalized spacial score (nSPS) is 15.7. The molecule has 1 fully saturated rings. The van der Waals surface area contributed by atoms with Crippen LogP contribution >= 0.6 is 0 Å². The second-order valence-corrected chi connectivity index (χ2v) is 8.80. The Balaban J connectivity index is 1.32. The Bertz CT molecular complexity index is 1410. The van der Waals surface area contributed by atoms with Gasteiger partial charge in [0.1, 0.15) is 17.4 Å². The Hall–Kier alpha value is -3.64. The molecule has 6 nitrogen and oxygen atoms in total. The maximum atomic E-state index is 9.52. The van der Waals surface area contributed by atoms with Gasteiger partial charge in [-0.05, 0) is 99.1 Å². The van der Waals surface area contributed by atoms with Gasteiger partial charge in [0, 0.05) is 11.1 Å². The molecule has 0 atom stereocenters.